The van der Waals surface area contributed by atoms with Crippen LogP contribution < -0.4 is 10.2 Å². The van der Waals surface area contributed by atoms with Crippen LogP contribution in [0.1, 0.15) is 5.56 Å². The lowest BCUT2D eigenvalue weighted by atomic mass is 10.1. The summed E-state index contributed by atoms with van der Waals surface area (Å²) in [7, 11) is 1.88. The maximum absolute atomic E-state index is 14.3. The minimum Gasteiger partial charge on any atom is -0.395 e. The number of nitrogens with one attached hydrogen (secondary N) is 1. The van der Waals surface area contributed by atoms with Gasteiger partial charge in [-0.2, -0.15) is 0 Å². The summed E-state index contributed by atoms with van der Waals surface area (Å²) in [4.78, 5) is 18.5. The average Bonchev–Trinajstić information content (AvgIpc) is 3.25. The Morgan fingerprint density at radius 2 is 1.83 bits per heavy atom. The Morgan fingerprint density at radius 3 is 2.54 bits per heavy atom. The quantitative estimate of drug-likeness (QED) is 0.405. The van der Waals surface area contributed by atoms with Crippen LogP contribution >= 0.6 is 11.6 Å². The Balaban J connectivity index is 1.38. The highest BCUT2D eigenvalue weighted by molar-refractivity contribution is 6.30. The molecule has 1 fully saturated rings. The lowest BCUT2D eigenvalue weighted by molar-refractivity contribution is 0.189. The van der Waals surface area contributed by atoms with Crippen molar-refractivity contribution in [1.29, 1.82) is 0 Å². The van der Waals surface area contributed by atoms with Crippen molar-refractivity contribution in [3.05, 3.63) is 65.2 Å². The van der Waals surface area contributed by atoms with Gasteiger partial charge in [0.1, 0.15) is 11.3 Å². The molecule has 0 radical (unpaired) electrons. The van der Waals surface area contributed by atoms with E-state index in [0.29, 0.717) is 27.9 Å². The summed E-state index contributed by atoms with van der Waals surface area (Å²) in [6, 6.07) is 12.8. The van der Waals surface area contributed by atoms with Crippen LogP contribution in [0.3, 0.4) is 0 Å². The lowest BCUT2D eigenvalue weighted by Gasteiger charge is -2.35. The second-order valence-electron chi connectivity index (χ2n) is 8.61. The van der Waals surface area contributed by atoms with Crippen LogP contribution in [-0.2, 0) is 13.6 Å². The van der Waals surface area contributed by atoms with Gasteiger partial charge in [0.2, 0.25) is 0 Å². The number of imidazole rings is 1. The molecule has 1 aliphatic rings. The molecule has 2 N–H and O–H groups in total. The van der Waals surface area contributed by atoms with Crippen molar-refractivity contribution in [3.63, 3.8) is 0 Å². The van der Waals surface area contributed by atoms with Crippen LogP contribution in [0.2, 0.25) is 5.02 Å². The van der Waals surface area contributed by atoms with Crippen molar-refractivity contribution in [1.82, 2.24) is 24.4 Å². The molecule has 0 saturated carbocycles. The number of hydrogen-bond donors (Lipinski definition) is 2. The van der Waals surface area contributed by atoms with E-state index in [0.717, 1.165) is 49.5 Å². The summed E-state index contributed by atoms with van der Waals surface area (Å²) in [6.45, 7) is 4.88. The zero-order chi connectivity index (χ0) is 24.4. The summed E-state index contributed by atoms with van der Waals surface area (Å²) in [6.07, 6.45) is 1.69. The van der Waals surface area contributed by atoms with E-state index in [2.05, 4.69) is 37.2 Å². The van der Waals surface area contributed by atoms with E-state index in [1.807, 2.05) is 23.7 Å². The molecule has 2 aromatic heterocycles. The van der Waals surface area contributed by atoms with Crippen LogP contribution in [0.4, 0.5) is 15.9 Å². The van der Waals surface area contributed by atoms with Gasteiger partial charge >= 0.3 is 0 Å². The number of fused-ring (bicyclic) bond motifs is 1. The first kappa shape index (κ1) is 23.5. The van der Waals surface area contributed by atoms with Gasteiger partial charge in [0, 0.05) is 68.2 Å². The molecule has 10 heteroatoms. The van der Waals surface area contributed by atoms with Gasteiger partial charge in [0.15, 0.2) is 17.3 Å². The number of β-amino-alcohol motifs (C(OH)–C–C–N with tert-alkyl or cyclic N) is 1. The minimum atomic E-state index is -0.367. The maximum atomic E-state index is 14.3. The van der Waals surface area contributed by atoms with Crippen molar-refractivity contribution in [2.45, 2.75) is 6.54 Å². The van der Waals surface area contributed by atoms with Crippen LogP contribution in [0.15, 0.2) is 48.8 Å². The number of nitrogens with zero attached hydrogens (tertiary/aromatic N) is 6. The van der Waals surface area contributed by atoms with Crippen LogP contribution in [-0.4, -0.2) is 68.9 Å². The van der Waals surface area contributed by atoms with E-state index >= 15 is 0 Å². The van der Waals surface area contributed by atoms with Gasteiger partial charge in [-0.3, -0.25) is 4.90 Å². The van der Waals surface area contributed by atoms with E-state index in [-0.39, 0.29) is 19.0 Å². The fraction of sp³-hybridized carbons (Fsp3) is 0.320. The number of anilines is 2. The fourth-order valence-electron chi connectivity index (χ4n) is 4.35. The van der Waals surface area contributed by atoms with Crippen LogP contribution in [0.25, 0.3) is 22.6 Å². The first-order valence-electron chi connectivity index (χ1n) is 11.6. The molecule has 1 saturated heterocycles. The molecule has 8 nitrogen and oxygen atoms in total. The van der Waals surface area contributed by atoms with E-state index in [9.17, 15) is 4.39 Å². The Labute approximate surface area is 208 Å². The van der Waals surface area contributed by atoms with E-state index in [1.165, 1.54) is 6.07 Å². The van der Waals surface area contributed by atoms with Crippen LogP contribution in [0, 0.1) is 5.82 Å². The van der Waals surface area contributed by atoms with E-state index in [4.69, 9.17) is 21.7 Å². The minimum absolute atomic E-state index is 0.195. The third-order valence-corrected chi connectivity index (χ3v) is 6.55. The third-order valence-electron chi connectivity index (χ3n) is 6.31. The van der Waals surface area contributed by atoms with Crippen molar-refractivity contribution >= 4 is 34.3 Å². The van der Waals surface area contributed by atoms with E-state index in [1.54, 1.807) is 18.5 Å². The zero-order valence-electron chi connectivity index (χ0n) is 19.5. The smallest absolute Gasteiger partial charge is 0.183 e. The normalized spacial score (nSPS) is 14.6. The molecule has 0 unspecified atom stereocenters. The molecule has 4 aromatic rings. The Bertz CT molecular complexity index is 1320. The highest BCUT2D eigenvalue weighted by Gasteiger charge is 2.18. The van der Waals surface area contributed by atoms with E-state index < -0.39 is 0 Å². The predicted molar refractivity (Wildman–Crippen MR) is 136 cm³/mol. The first-order valence-corrected chi connectivity index (χ1v) is 11.9. The van der Waals surface area contributed by atoms with Gasteiger partial charge in [0.05, 0.1) is 12.9 Å². The predicted octanol–water partition coefficient (Wildman–Crippen LogP) is 3.55. The molecule has 0 spiro atoms. The standard InChI is InChI=1S/C25H27ClFN7O/c1-32-16-29-25-22(32)24(28-15-18-2-5-19(26)14-21(18)27)30-23(31-25)17-3-6-20(7-4-17)34-10-8-33(9-11-34)12-13-35/h2-7,14,16,35H,8-13,15H2,1H3,(H,28,30,31). The number of benzene rings is 2. The third kappa shape index (κ3) is 5.07. The number of aryl methyl sites for hydroxylation is 1. The van der Waals surface area contributed by atoms with Gasteiger partial charge in [-0.25, -0.2) is 19.3 Å². The molecule has 0 atom stereocenters. The SMILES string of the molecule is Cn1cnc2nc(-c3ccc(N4CCN(CCO)CC4)cc3)nc(NCc3ccc(Cl)cc3F)c21. The fourth-order valence-corrected chi connectivity index (χ4v) is 4.50. The molecule has 2 aromatic carbocycles. The summed E-state index contributed by atoms with van der Waals surface area (Å²) < 4.78 is 16.1. The Hall–Kier alpha value is -3.27. The number of halogens is 2. The van der Waals surface area contributed by atoms with Crippen molar-refractivity contribution in [2.75, 3.05) is 49.5 Å². The summed E-state index contributed by atoms with van der Waals surface area (Å²) in [5, 5.41) is 12.8. The van der Waals surface area contributed by atoms with Gasteiger partial charge in [-0.15, -0.1) is 0 Å². The highest BCUT2D eigenvalue weighted by atomic mass is 35.5. The number of rotatable bonds is 7. The number of hydrogen-bond acceptors (Lipinski definition) is 7. The first-order chi connectivity index (χ1) is 17.0. The molecule has 35 heavy (non-hydrogen) atoms. The van der Waals surface area contributed by atoms with Crippen molar-refractivity contribution in [2.24, 2.45) is 7.05 Å². The molecule has 5 rings (SSSR count). The molecular weight excluding hydrogens is 469 g/mol. The Morgan fingerprint density at radius 1 is 1.06 bits per heavy atom. The lowest BCUT2D eigenvalue weighted by Crippen LogP contribution is -2.47. The van der Waals surface area contributed by atoms with Gasteiger partial charge in [-0.05, 0) is 36.4 Å². The average molecular weight is 496 g/mol. The highest BCUT2D eigenvalue weighted by Crippen LogP contribution is 2.27. The number of aromatic nitrogens is 4. The summed E-state index contributed by atoms with van der Waals surface area (Å²) >= 11 is 5.88. The zero-order valence-corrected chi connectivity index (χ0v) is 20.2. The number of piperazine rings is 1. The van der Waals surface area contributed by atoms with Gasteiger partial charge < -0.3 is 19.9 Å². The van der Waals surface area contributed by atoms with Crippen LogP contribution in [0.5, 0.6) is 0 Å². The molecule has 3 heterocycles. The monoisotopic (exact) mass is 495 g/mol. The van der Waals surface area contributed by atoms with Gasteiger partial charge in [-0.1, -0.05) is 17.7 Å². The number of aliphatic hydroxyl groups excluding tert-OH is 1. The van der Waals surface area contributed by atoms with Crippen molar-refractivity contribution < 1.29 is 9.50 Å². The topological polar surface area (TPSA) is 82.3 Å². The number of aliphatic hydroxyl groups is 1. The van der Waals surface area contributed by atoms with Gasteiger partial charge in [0.25, 0.3) is 0 Å². The summed E-state index contributed by atoms with van der Waals surface area (Å²) in [5.74, 6) is 0.770. The molecule has 1 aliphatic heterocycles. The molecule has 0 amide bonds. The molecule has 182 valence electrons. The van der Waals surface area contributed by atoms with Crippen molar-refractivity contribution in [3.8, 4) is 11.4 Å². The second-order valence-corrected chi connectivity index (χ2v) is 9.05. The second kappa shape index (κ2) is 10.2. The Kier molecular flexibility index (Phi) is 6.81. The largest absolute Gasteiger partial charge is 0.395 e. The molecule has 0 aliphatic carbocycles. The maximum Gasteiger partial charge on any atom is 0.183 e. The summed E-state index contributed by atoms with van der Waals surface area (Å²) in [5.41, 5.74) is 3.84. The molecular formula is C25H27ClFN7O. The molecule has 0 bridgehead atoms.